The highest BCUT2D eigenvalue weighted by Gasteiger charge is 2.24. The van der Waals surface area contributed by atoms with Crippen LogP contribution in [0.4, 0.5) is 14.5 Å². The minimum absolute atomic E-state index is 0.187. The molecule has 1 aromatic rings. The molecule has 1 nitrogen and oxygen atoms in total. The fourth-order valence-corrected chi connectivity index (χ4v) is 2.51. The molecule has 1 aliphatic heterocycles. The fraction of sp³-hybridized carbons (Fsp3) is 0.500. The molecule has 2 rings (SSSR count). The van der Waals surface area contributed by atoms with Crippen molar-refractivity contribution in [2.24, 2.45) is 5.92 Å². The van der Waals surface area contributed by atoms with E-state index in [-0.39, 0.29) is 6.04 Å². The van der Waals surface area contributed by atoms with E-state index >= 15 is 0 Å². The number of halogens is 2. The van der Waals surface area contributed by atoms with Crippen molar-refractivity contribution in [2.75, 3.05) is 11.9 Å². The Labute approximate surface area is 113 Å². The van der Waals surface area contributed by atoms with E-state index in [1.54, 1.807) is 0 Å². The van der Waals surface area contributed by atoms with Gasteiger partial charge in [0.15, 0.2) is 0 Å². The van der Waals surface area contributed by atoms with Gasteiger partial charge in [-0.05, 0) is 43.4 Å². The molecule has 0 saturated carbocycles. The van der Waals surface area contributed by atoms with Crippen LogP contribution in [0, 0.1) is 17.6 Å². The van der Waals surface area contributed by atoms with Gasteiger partial charge in [0, 0.05) is 24.7 Å². The Morgan fingerprint density at radius 2 is 1.95 bits per heavy atom. The molecular weight excluding hydrogens is 244 g/mol. The average molecular weight is 265 g/mol. The molecule has 0 aliphatic carbocycles. The lowest BCUT2D eigenvalue weighted by molar-refractivity contribution is 0.560. The van der Waals surface area contributed by atoms with E-state index in [2.05, 4.69) is 20.8 Å². The van der Waals surface area contributed by atoms with Gasteiger partial charge in [0.2, 0.25) is 0 Å². The molecule has 1 aliphatic rings. The normalized spacial score (nSPS) is 18.6. The zero-order chi connectivity index (χ0) is 14.2. The number of rotatable bonds is 3. The van der Waals surface area contributed by atoms with Crippen molar-refractivity contribution in [3.8, 4) is 0 Å². The average Bonchev–Trinajstić information content (AvgIpc) is 2.32. The zero-order valence-corrected chi connectivity index (χ0v) is 12.0. The number of nitrogens with zero attached hydrogens (tertiary/aromatic N) is 1. The molecule has 0 spiro atoms. The van der Waals surface area contributed by atoms with Gasteiger partial charge in [-0.15, -0.1) is 0 Å². The van der Waals surface area contributed by atoms with E-state index < -0.39 is 11.6 Å². The number of hydrogen-bond donors (Lipinski definition) is 0. The second kappa shape index (κ2) is 5.32. The molecule has 0 saturated heterocycles. The maximum Gasteiger partial charge on any atom is 0.135 e. The van der Waals surface area contributed by atoms with Crippen LogP contribution >= 0.6 is 0 Å². The van der Waals surface area contributed by atoms with E-state index in [0.29, 0.717) is 17.2 Å². The van der Waals surface area contributed by atoms with Crippen molar-refractivity contribution in [1.29, 1.82) is 0 Å². The summed E-state index contributed by atoms with van der Waals surface area (Å²) in [7, 11) is 1.89. The maximum absolute atomic E-state index is 13.9. The van der Waals surface area contributed by atoms with Crippen LogP contribution in [0.5, 0.6) is 0 Å². The molecule has 1 unspecified atom stereocenters. The topological polar surface area (TPSA) is 3.24 Å². The Balaban J connectivity index is 2.39. The standard InChI is InChI=1S/C16H21F2N/c1-10(2)5-6-12-7-14-15(18)8-13(17)9-16(14)19(4)11(12)3/h7-11H,5-6H2,1-4H3. The maximum atomic E-state index is 13.9. The van der Waals surface area contributed by atoms with E-state index in [9.17, 15) is 8.78 Å². The van der Waals surface area contributed by atoms with Gasteiger partial charge >= 0.3 is 0 Å². The minimum Gasteiger partial charge on any atom is -0.367 e. The van der Waals surface area contributed by atoms with E-state index in [1.165, 1.54) is 11.6 Å². The third-order valence-electron chi connectivity index (χ3n) is 3.91. The SMILES string of the molecule is CC(C)CCC1=Cc2c(F)cc(F)cc2N(C)C1C. The lowest BCUT2D eigenvalue weighted by Crippen LogP contribution is -2.34. The quantitative estimate of drug-likeness (QED) is 0.770. The summed E-state index contributed by atoms with van der Waals surface area (Å²) >= 11 is 0. The van der Waals surface area contributed by atoms with Gasteiger partial charge in [-0.25, -0.2) is 8.78 Å². The summed E-state index contributed by atoms with van der Waals surface area (Å²) in [6.45, 7) is 6.45. The van der Waals surface area contributed by atoms with Gasteiger partial charge in [-0.3, -0.25) is 0 Å². The predicted octanol–water partition coefficient (Wildman–Crippen LogP) is 4.62. The fourth-order valence-electron chi connectivity index (χ4n) is 2.51. The molecule has 19 heavy (non-hydrogen) atoms. The minimum atomic E-state index is -0.519. The molecule has 0 radical (unpaired) electrons. The number of hydrogen-bond acceptors (Lipinski definition) is 1. The molecule has 104 valence electrons. The van der Waals surface area contributed by atoms with Crippen LogP contribution in [0.3, 0.4) is 0 Å². The highest BCUT2D eigenvalue weighted by atomic mass is 19.1. The highest BCUT2D eigenvalue weighted by molar-refractivity contribution is 5.74. The predicted molar refractivity (Wildman–Crippen MR) is 76.3 cm³/mol. The Morgan fingerprint density at radius 1 is 1.26 bits per heavy atom. The van der Waals surface area contributed by atoms with Crippen molar-refractivity contribution in [2.45, 2.75) is 39.7 Å². The molecule has 3 heteroatoms. The van der Waals surface area contributed by atoms with Gasteiger partial charge < -0.3 is 4.90 Å². The first-order chi connectivity index (χ1) is 8.90. The van der Waals surface area contributed by atoms with Gasteiger partial charge in [0.05, 0.1) is 5.69 Å². The van der Waals surface area contributed by atoms with Crippen LogP contribution in [-0.2, 0) is 0 Å². The molecule has 1 aromatic carbocycles. The van der Waals surface area contributed by atoms with Crippen molar-refractivity contribution < 1.29 is 8.78 Å². The first-order valence-corrected chi connectivity index (χ1v) is 6.82. The third kappa shape index (κ3) is 2.80. The van der Waals surface area contributed by atoms with E-state index in [0.717, 1.165) is 18.9 Å². The first kappa shape index (κ1) is 14.0. The van der Waals surface area contributed by atoms with Gasteiger partial charge in [-0.1, -0.05) is 13.8 Å². The van der Waals surface area contributed by atoms with E-state index in [4.69, 9.17) is 0 Å². The summed E-state index contributed by atoms with van der Waals surface area (Å²) in [5.74, 6) is -0.372. The number of likely N-dealkylation sites (N-methyl/N-ethyl adjacent to an activating group) is 1. The van der Waals surface area contributed by atoms with E-state index in [1.807, 2.05) is 18.0 Å². The van der Waals surface area contributed by atoms with Crippen LogP contribution < -0.4 is 4.90 Å². The monoisotopic (exact) mass is 265 g/mol. The second-order valence-electron chi connectivity index (χ2n) is 5.76. The largest absolute Gasteiger partial charge is 0.367 e. The number of anilines is 1. The summed E-state index contributed by atoms with van der Waals surface area (Å²) in [5.41, 5.74) is 2.37. The summed E-state index contributed by atoms with van der Waals surface area (Å²) in [4.78, 5) is 1.96. The van der Waals surface area contributed by atoms with Gasteiger partial charge in [-0.2, -0.15) is 0 Å². The Kier molecular flexibility index (Phi) is 3.93. The Hall–Kier alpha value is -1.38. The molecule has 0 bridgehead atoms. The van der Waals surface area contributed by atoms with Crippen molar-refractivity contribution in [3.63, 3.8) is 0 Å². The molecular formula is C16H21F2N. The molecule has 1 atom stereocenters. The number of benzene rings is 1. The number of fused-ring (bicyclic) bond motifs is 1. The molecule has 0 fully saturated rings. The van der Waals surface area contributed by atoms with Crippen molar-refractivity contribution >= 4 is 11.8 Å². The zero-order valence-electron chi connectivity index (χ0n) is 12.0. The highest BCUT2D eigenvalue weighted by Crippen LogP contribution is 2.35. The van der Waals surface area contributed by atoms with Crippen LogP contribution in [-0.4, -0.2) is 13.1 Å². The van der Waals surface area contributed by atoms with Crippen molar-refractivity contribution in [3.05, 3.63) is 34.9 Å². The molecule has 0 N–H and O–H groups in total. The van der Waals surface area contributed by atoms with Crippen molar-refractivity contribution in [1.82, 2.24) is 0 Å². The molecule has 0 aromatic heterocycles. The Morgan fingerprint density at radius 3 is 2.58 bits per heavy atom. The first-order valence-electron chi connectivity index (χ1n) is 6.82. The van der Waals surface area contributed by atoms with Gasteiger partial charge in [0.1, 0.15) is 11.6 Å². The van der Waals surface area contributed by atoms with Gasteiger partial charge in [0.25, 0.3) is 0 Å². The molecule has 1 heterocycles. The smallest absolute Gasteiger partial charge is 0.135 e. The van der Waals surface area contributed by atoms with Crippen LogP contribution in [0.2, 0.25) is 0 Å². The molecule has 0 amide bonds. The van der Waals surface area contributed by atoms with Crippen LogP contribution in [0.1, 0.15) is 39.2 Å². The van der Waals surface area contributed by atoms with Crippen LogP contribution in [0.25, 0.3) is 6.08 Å². The lowest BCUT2D eigenvalue weighted by atomic mass is 9.91. The summed E-state index contributed by atoms with van der Waals surface area (Å²) < 4.78 is 27.2. The summed E-state index contributed by atoms with van der Waals surface area (Å²) in [6.07, 6.45) is 3.94. The summed E-state index contributed by atoms with van der Waals surface area (Å²) in [5, 5.41) is 0. The second-order valence-corrected chi connectivity index (χ2v) is 5.76. The Bertz CT molecular complexity index is 506. The van der Waals surface area contributed by atoms with Crippen LogP contribution in [0.15, 0.2) is 17.7 Å². The lowest BCUT2D eigenvalue weighted by Gasteiger charge is -2.35. The summed E-state index contributed by atoms with van der Waals surface area (Å²) in [6, 6.07) is 2.55. The third-order valence-corrected chi connectivity index (χ3v) is 3.91.